The molecule has 1 heterocycles. The highest BCUT2D eigenvalue weighted by Crippen LogP contribution is 2.30. The molecule has 14 heavy (non-hydrogen) atoms. The summed E-state index contributed by atoms with van der Waals surface area (Å²) in [5, 5.41) is 4.52. The Kier molecular flexibility index (Phi) is 4.65. The molecular weight excluding hydrogens is 190 g/mol. The third-order valence-corrected chi connectivity index (χ3v) is 5.00. The van der Waals surface area contributed by atoms with E-state index >= 15 is 0 Å². The molecule has 0 bridgehead atoms. The van der Waals surface area contributed by atoms with Crippen molar-refractivity contribution in [2.45, 2.75) is 50.2 Å². The maximum atomic E-state index is 3.50. The van der Waals surface area contributed by atoms with Crippen LogP contribution in [0.4, 0.5) is 0 Å². The van der Waals surface area contributed by atoms with Crippen LogP contribution in [0, 0.1) is 5.92 Å². The van der Waals surface area contributed by atoms with Crippen LogP contribution in [0.1, 0.15) is 44.9 Å². The van der Waals surface area contributed by atoms with Gasteiger partial charge in [0.2, 0.25) is 0 Å². The van der Waals surface area contributed by atoms with Gasteiger partial charge in [0.05, 0.1) is 0 Å². The summed E-state index contributed by atoms with van der Waals surface area (Å²) in [6.45, 7) is 2.54. The summed E-state index contributed by atoms with van der Waals surface area (Å²) in [5.74, 6) is 2.40. The van der Waals surface area contributed by atoms with Crippen LogP contribution in [0.3, 0.4) is 0 Å². The minimum Gasteiger partial charge on any atom is -0.316 e. The largest absolute Gasteiger partial charge is 0.316 e. The summed E-state index contributed by atoms with van der Waals surface area (Å²) in [4.78, 5) is 0. The minimum absolute atomic E-state index is 0.984. The van der Waals surface area contributed by atoms with Crippen molar-refractivity contribution in [1.29, 1.82) is 0 Å². The van der Waals surface area contributed by atoms with Gasteiger partial charge in [0.25, 0.3) is 0 Å². The van der Waals surface area contributed by atoms with E-state index in [4.69, 9.17) is 0 Å². The van der Waals surface area contributed by atoms with E-state index in [9.17, 15) is 0 Å². The van der Waals surface area contributed by atoms with Crippen molar-refractivity contribution in [3.8, 4) is 0 Å². The van der Waals surface area contributed by atoms with E-state index < -0.39 is 0 Å². The maximum Gasteiger partial charge on any atom is 0.00470 e. The molecule has 0 aromatic carbocycles. The molecule has 0 aromatic rings. The highest BCUT2D eigenvalue weighted by Gasteiger charge is 2.17. The van der Waals surface area contributed by atoms with Crippen LogP contribution in [0.25, 0.3) is 0 Å². The number of rotatable bonds is 4. The number of hydrogen-bond donors (Lipinski definition) is 1. The zero-order valence-electron chi connectivity index (χ0n) is 9.13. The molecule has 1 aliphatic carbocycles. The normalized spacial score (nSPS) is 29.6. The second-order valence-electron chi connectivity index (χ2n) is 4.78. The lowest BCUT2D eigenvalue weighted by Crippen LogP contribution is -2.30. The van der Waals surface area contributed by atoms with Gasteiger partial charge < -0.3 is 5.32 Å². The first kappa shape index (κ1) is 10.8. The van der Waals surface area contributed by atoms with Crippen LogP contribution >= 0.6 is 11.8 Å². The van der Waals surface area contributed by atoms with Crippen molar-refractivity contribution >= 4 is 11.8 Å². The van der Waals surface area contributed by atoms with E-state index in [0.29, 0.717) is 0 Å². The molecule has 2 rings (SSSR count). The lowest BCUT2D eigenvalue weighted by Gasteiger charge is -2.22. The zero-order valence-corrected chi connectivity index (χ0v) is 9.95. The third kappa shape index (κ3) is 3.47. The van der Waals surface area contributed by atoms with Crippen molar-refractivity contribution < 1.29 is 0 Å². The van der Waals surface area contributed by atoms with E-state index in [0.717, 1.165) is 11.2 Å². The molecule has 1 atom stereocenters. The van der Waals surface area contributed by atoms with Crippen molar-refractivity contribution in [3.63, 3.8) is 0 Å². The maximum absolute atomic E-state index is 3.50. The van der Waals surface area contributed by atoms with Gasteiger partial charge in [-0.3, -0.25) is 0 Å². The fourth-order valence-corrected chi connectivity index (χ4v) is 4.10. The number of hydrogen-bond acceptors (Lipinski definition) is 2. The first-order valence-electron chi connectivity index (χ1n) is 6.27. The van der Waals surface area contributed by atoms with E-state index in [1.807, 2.05) is 0 Å². The molecule has 1 unspecified atom stereocenters. The van der Waals surface area contributed by atoms with Gasteiger partial charge in [-0.1, -0.05) is 12.8 Å². The first-order valence-corrected chi connectivity index (χ1v) is 7.32. The fourth-order valence-electron chi connectivity index (χ4n) is 2.63. The molecule has 1 nitrogen and oxygen atoms in total. The quantitative estimate of drug-likeness (QED) is 0.770. The molecule has 0 radical (unpaired) electrons. The Morgan fingerprint density at radius 1 is 1.07 bits per heavy atom. The van der Waals surface area contributed by atoms with Crippen molar-refractivity contribution in [2.75, 3.05) is 18.8 Å². The summed E-state index contributed by atoms with van der Waals surface area (Å²) in [5.41, 5.74) is 0. The third-order valence-electron chi connectivity index (χ3n) is 3.58. The zero-order chi connectivity index (χ0) is 9.64. The summed E-state index contributed by atoms with van der Waals surface area (Å²) >= 11 is 2.25. The Morgan fingerprint density at radius 2 is 1.93 bits per heavy atom. The monoisotopic (exact) mass is 213 g/mol. The Bertz CT molecular complexity index is 148. The molecule has 1 saturated carbocycles. The summed E-state index contributed by atoms with van der Waals surface area (Å²) in [7, 11) is 0. The van der Waals surface area contributed by atoms with Gasteiger partial charge in [-0.25, -0.2) is 0 Å². The molecule has 0 spiro atoms. The van der Waals surface area contributed by atoms with Gasteiger partial charge in [-0.05, 0) is 56.9 Å². The average molecular weight is 213 g/mol. The molecule has 1 saturated heterocycles. The molecule has 2 heteroatoms. The molecule has 1 N–H and O–H groups in total. The Hall–Kier alpha value is 0.310. The van der Waals surface area contributed by atoms with Crippen LogP contribution in [-0.2, 0) is 0 Å². The Labute approximate surface area is 92.4 Å². The topological polar surface area (TPSA) is 12.0 Å². The smallest absolute Gasteiger partial charge is 0.00470 e. The van der Waals surface area contributed by atoms with Crippen LogP contribution in [0.2, 0.25) is 0 Å². The SMILES string of the molecule is C1CNCC(CCSC2CCCC2)C1. The highest BCUT2D eigenvalue weighted by atomic mass is 32.2. The minimum atomic E-state index is 0.984. The average Bonchev–Trinajstić information content (AvgIpc) is 2.72. The van der Waals surface area contributed by atoms with E-state index in [1.54, 1.807) is 0 Å². The van der Waals surface area contributed by atoms with Gasteiger partial charge in [0.15, 0.2) is 0 Å². The highest BCUT2D eigenvalue weighted by molar-refractivity contribution is 7.99. The van der Waals surface area contributed by atoms with E-state index in [2.05, 4.69) is 17.1 Å². The van der Waals surface area contributed by atoms with Crippen LogP contribution in [0.5, 0.6) is 0 Å². The second kappa shape index (κ2) is 6.02. The van der Waals surface area contributed by atoms with E-state index in [-0.39, 0.29) is 0 Å². The lowest BCUT2D eigenvalue weighted by molar-refractivity contribution is 0.371. The standard InChI is InChI=1S/C12H23NS/c1-2-6-12(5-1)14-9-7-11-4-3-8-13-10-11/h11-13H,1-10H2. The molecular formula is C12H23NS. The Balaban J connectivity index is 1.52. The first-order chi connectivity index (χ1) is 6.95. The summed E-state index contributed by atoms with van der Waals surface area (Å²) < 4.78 is 0. The molecule has 82 valence electrons. The van der Waals surface area contributed by atoms with Gasteiger partial charge in [-0.15, -0.1) is 0 Å². The summed E-state index contributed by atoms with van der Waals surface area (Å²) in [6, 6.07) is 0. The van der Waals surface area contributed by atoms with Gasteiger partial charge >= 0.3 is 0 Å². The number of piperidine rings is 1. The van der Waals surface area contributed by atoms with Gasteiger partial charge in [0, 0.05) is 5.25 Å². The Morgan fingerprint density at radius 3 is 2.64 bits per heavy atom. The molecule has 2 aliphatic rings. The lowest BCUT2D eigenvalue weighted by atomic mass is 9.97. The van der Waals surface area contributed by atoms with Crippen molar-refractivity contribution in [2.24, 2.45) is 5.92 Å². The van der Waals surface area contributed by atoms with Crippen molar-refractivity contribution in [3.05, 3.63) is 0 Å². The second-order valence-corrected chi connectivity index (χ2v) is 6.19. The van der Waals surface area contributed by atoms with Crippen LogP contribution in [0.15, 0.2) is 0 Å². The molecule has 2 fully saturated rings. The van der Waals surface area contributed by atoms with Gasteiger partial charge in [-0.2, -0.15) is 11.8 Å². The fraction of sp³-hybridized carbons (Fsp3) is 1.00. The number of nitrogens with one attached hydrogen (secondary N) is 1. The predicted molar refractivity (Wildman–Crippen MR) is 64.9 cm³/mol. The van der Waals surface area contributed by atoms with Crippen molar-refractivity contribution in [1.82, 2.24) is 5.32 Å². The number of thioether (sulfide) groups is 1. The summed E-state index contributed by atoms with van der Waals surface area (Å²) in [6.07, 6.45) is 10.3. The predicted octanol–water partition coefficient (Wildman–Crippen LogP) is 3.05. The molecule has 0 amide bonds. The molecule has 1 aliphatic heterocycles. The van der Waals surface area contributed by atoms with Crippen LogP contribution in [-0.4, -0.2) is 24.1 Å². The van der Waals surface area contributed by atoms with E-state index in [1.165, 1.54) is 63.8 Å². The van der Waals surface area contributed by atoms with Crippen LogP contribution < -0.4 is 5.32 Å². The van der Waals surface area contributed by atoms with Gasteiger partial charge in [0.1, 0.15) is 0 Å². The molecule has 0 aromatic heterocycles.